The van der Waals surface area contributed by atoms with Gasteiger partial charge in [0.2, 0.25) is 0 Å². The second-order valence-corrected chi connectivity index (χ2v) is 13.2. The van der Waals surface area contributed by atoms with Crippen molar-refractivity contribution in [3.63, 3.8) is 0 Å². The Bertz CT molecular complexity index is 961. The zero-order chi connectivity index (χ0) is 32.2. The van der Waals surface area contributed by atoms with E-state index in [1.54, 1.807) is 0 Å². The standard InChI is InChI=1S/C44H70O/c1-5-9-13-15-17-19-21-23-25-27-35-41-39(31-11-7-3)33-29-37-43(41)45-44-38-30-34-40(32-12-8-4)42(44)36-28-26-24-22-20-18-16-14-10-6-2/h11-12,29-34,37-38H,5-10,13-28,35-36H2,1-4H3. The van der Waals surface area contributed by atoms with Crippen molar-refractivity contribution in [3.8, 4) is 11.5 Å². The van der Waals surface area contributed by atoms with Crippen molar-refractivity contribution in [2.75, 3.05) is 0 Å². The fourth-order valence-corrected chi connectivity index (χ4v) is 6.39. The first-order valence-electron chi connectivity index (χ1n) is 19.5. The number of benzene rings is 2. The molecular formula is C44H70O. The van der Waals surface area contributed by atoms with Crippen molar-refractivity contribution in [1.29, 1.82) is 0 Å². The van der Waals surface area contributed by atoms with Crippen molar-refractivity contribution in [2.45, 2.75) is 182 Å². The minimum atomic E-state index is 1.05. The predicted molar refractivity (Wildman–Crippen MR) is 203 cm³/mol. The molecule has 2 rings (SSSR count). The third-order valence-corrected chi connectivity index (χ3v) is 9.19. The molecule has 0 aliphatic rings. The highest BCUT2D eigenvalue weighted by atomic mass is 16.5. The van der Waals surface area contributed by atoms with Gasteiger partial charge in [0, 0.05) is 11.1 Å². The quantitative estimate of drug-likeness (QED) is 0.0866. The van der Waals surface area contributed by atoms with Crippen LogP contribution in [0.1, 0.15) is 191 Å². The normalized spacial score (nSPS) is 11.7. The molecular weight excluding hydrogens is 544 g/mol. The van der Waals surface area contributed by atoms with E-state index in [2.05, 4.69) is 88.4 Å². The SMILES string of the molecule is CCC=Cc1cccc(Oc2cccc(C=CCC)c2CCCCCCCCCCCC)c1CCCCCCCCCCCC. The molecule has 0 atom stereocenters. The minimum Gasteiger partial charge on any atom is -0.457 e. The summed E-state index contributed by atoms with van der Waals surface area (Å²) in [5, 5.41) is 0. The maximum Gasteiger partial charge on any atom is 0.131 e. The van der Waals surface area contributed by atoms with Gasteiger partial charge in [-0.1, -0.05) is 192 Å². The molecule has 0 saturated heterocycles. The molecule has 0 heterocycles. The Morgan fingerprint density at radius 1 is 0.422 bits per heavy atom. The van der Waals surface area contributed by atoms with Crippen LogP contribution in [0.15, 0.2) is 48.6 Å². The van der Waals surface area contributed by atoms with Crippen LogP contribution >= 0.6 is 0 Å². The lowest BCUT2D eigenvalue weighted by atomic mass is 9.97. The zero-order valence-corrected chi connectivity index (χ0v) is 30.2. The van der Waals surface area contributed by atoms with Gasteiger partial charge in [-0.25, -0.2) is 0 Å². The molecule has 2 aromatic rings. The van der Waals surface area contributed by atoms with Gasteiger partial charge in [0.25, 0.3) is 0 Å². The molecule has 0 fully saturated rings. The molecule has 252 valence electrons. The van der Waals surface area contributed by atoms with Crippen LogP contribution in [-0.2, 0) is 12.8 Å². The van der Waals surface area contributed by atoms with E-state index in [-0.39, 0.29) is 0 Å². The number of hydrogen-bond acceptors (Lipinski definition) is 1. The molecule has 1 heteroatoms. The van der Waals surface area contributed by atoms with Gasteiger partial charge in [0.1, 0.15) is 11.5 Å². The van der Waals surface area contributed by atoms with Crippen molar-refractivity contribution >= 4 is 12.2 Å². The Morgan fingerprint density at radius 3 is 1.09 bits per heavy atom. The largest absolute Gasteiger partial charge is 0.457 e. The average Bonchev–Trinajstić information content (AvgIpc) is 3.06. The van der Waals surface area contributed by atoms with Gasteiger partial charge in [-0.3, -0.25) is 0 Å². The van der Waals surface area contributed by atoms with Gasteiger partial charge in [-0.05, 0) is 61.8 Å². The molecule has 0 saturated carbocycles. The van der Waals surface area contributed by atoms with Crippen LogP contribution in [0.2, 0.25) is 0 Å². The van der Waals surface area contributed by atoms with Crippen LogP contribution in [0.25, 0.3) is 12.2 Å². The first kappa shape index (κ1) is 38.9. The second-order valence-electron chi connectivity index (χ2n) is 13.2. The molecule has 0 aliphatic heterocycles. The monoisotopic (exact) mass is 615 g/mol. The fourth-order valence-electron chi connectivity index (χ4n) is 6.39. The first-order valence-corrected chi connectivity index (χ1v) is 19.5. The van der Waals surface area contributed by atoms with E-state index in [1.165, 1.54) is 151 Å². The molecule has 0 radical (unpaired) electrons. The Hall–Kier alpha value is -2.28. The Morgan fingerprint density at radius 2 is 0.756 bits per heavy atom. The van der Waals surface area contributed by atoms with Gasteiger partial charge in [-0.15, -0.1) is 0 Å². The first-order chi connectivity index (χ1) is 22.2. The van der Waals surface area contributed by atoms with Gasteiger partial charge < -0.3 is 4.74 Å². The molecule has 2 aromatic carbocycles. The number of hydrogen-bond donors (Lipinski definition) is 0. The summed E-state index contributed by atoms with van der Waals surface area (Å²) in [7, 11) is 0. The van der Waals surface area contributed by atoms with Crippen molar-refractivity contribution in [1.82, 2.24) is 0 Å². The highest BCUT2D eigenvalue weighted by Crippen LogP contribution is 2.34. The smallest absolute Gasteiger partial charge is 0.131 e. The number of unbranched alkanes of at least 4 members (excludes halogenated alkanes) is 18. The molecule has 0 bridgehead atoms. The summed E-state index contributed by atoms with van der Waals surface area (Å²) in [5.41, 5.74) is 5.40. The van der Waals surface area contributed by atoms with Gasteiger partial charge >= 0.3 is 0 Å². The molecule has 0 aromatic heterocycles. The summed E-state index contributed by atoms with van der Waals surface area (Å²) in [4.78, 5) is 0. The Kier molecular flexibility index (Phi) is 23.2. The topological polar surface area (TPSA) is 9.23 Å². The van der Waals surface area contributed by atoms with E-state index in [1.807, 2.05) is 0 Å². The molecule has 0 N–H and O–H groups in total. The number of allylic oxidation sites excluding steroid dienone is 2. The van der Waals surface area contributed by atoms with Crippen LogP contribution in [0.5, 0.6) is 11.5 Å². The maximum absolute atomic E-state index is 6.90. The average molecular weight is 615 g/mol. The fraction of sp³-hybridized carbons (Fsp3) is 0.636. The van der Waals surface area contributed by atoms with E-state index in [9.17, 15) is 0 Å². The highest BCUT2D eigenvalue weighted by molar-refractivity contribution is 5.61. The molecule has 0 aliphatic carbocycles. The number of rotatable bonds is 28. The molecule has 45 heavy (non-hydrogen) atoms. The third-order valence-electron chi connectivity index (χ3n) is 9.19. The Labute approximate surface area is 280 Å². The van der Waals surface area contributed by atoms with Gasteiger partial charge in [-0.2, -0.15) is 0 Å². The van der Waals surface area contributed by atoms with E-state index < -0.39 is 0 Å². The van der Waals surface area contributed by atoms with E-state index in [0.29, 0.717) is 0 Å². The lowest BCUT2D eigenvalue weighted by Gasteiger charge is -2.18. The Balaban J connectivity index is 2.05. The van der Waals surface area contributed by atoms with Crippen molar-refractivity contribution < 1.29 is 4.74 Å². The van der Waals surface area contributed by atoms with Crippen LogP contribution < -0.4 is 4.74 Å². The third kappa shape index (κ3) is 17.3. The summed E-state index contributed by atoms with van der Waals surface area (Å²) in [6, 6.07) is 13.3. The highest BCUT2D eigenvalue weighted by Gasteiger charge is 2.14. The summed E-state index contributed by atoms with van der Waals surface area (Å²) < 4.78 is 6.90. The van der Waals surface area contributed by atoms with Crippen LogP contribution in [0.4, 0.5) is 0 Å². The van der Waals surface area contributed by atoms with Crippen molar-refractivity contribution in [3.05, 3.63) is 70.8 Å². The van der Waals surface area contributed by atoms with Gasteiger partial charge in [0.15, 0.2) is 0 Å². The molecule has 0 unspecified atom stereocenters. The second kappa shape index (κ2) is 26.9. The van der Waals surface area contributed by atoms with E-state index in [4.69, 9.17) is 4.74 Å². The lowest BCUT2D eigenvalue weighted by molar-refractivity contribution is 0.465. The molecule has 0 amide bonds. The summed E-state index contributed by atoms with van der Waals surface area (Å²) in [6.07, 6.45) is 40.8. The van der Waals surface area contributed by atoms with Crippen LogP contribution in [0, 0.1) is 0 Å². The maximum atomic E-state index is 6.90. The number of ether oxygens (including phenoxy) is 1. The van der Waals surface area contributed by atoms with E-state index >= 15 is 0 Å². The van der Waals surface area contributed by atoms with Crippen LogP contribution in [-0.4, -0.2) is 0 Å². The predicted octanol–water partition coefficient (Wildman–Crippen LogP) is 15.3. The summed E-state index contributed by atoms with van der Waals surface area (Å²) >= 11 is 0. The molecule has 0 spiro atoms. The lowest BCUT2D eigenvalue weighted by Crippen LogP contribution is -2.00. The molecule has 1 nitrogen and oxygen atoms in total. The van der Waals surface area contributed by atoms with Crippen molar-refractivity contribution in [2.24, 2.45) is 0 Å². The van der Waals surface area contributed by atoms with Crippen LogP contribution in [0.3, 0.4) is 0 Å². The van der Waals surface area contributed by atoms with E-state index in [0.717, 1.165) is 37.2 Å². The summed E-state index contributed by atoms with van der Waals surface area (Å²) in [5.74, 6) is 2.09. The summed E-state index contributed by atoms with van der Waals surface area (Å²) in [6.45, 7) is 9.03. The van der Waals surface area contributed by atoms with Gasteiger partial charge in [0.05, 0.1) is 0 Å². The minimum absolute atomic E-state index is 1.05. The zero-order valence-electron chi connectivity index (χ0n) is 30.2.